The lowest BCUT2D eigenvalue weighted by Crippen LogP contribution is -2.43. The monoisotopic (exact) mass is 355 g/mol. The summed E-state index contributed by atoms with van der Waals surface area (Å²) in [4.78, 5) is 2.29. The number of rotatable bonds is 5. The van der Waals surface area contributed by atoms with Gasteiger partial charge in [0.25, 0.3) is 0 Å². The first kappa shape index (κ1) is 17.5. The van der Waals surface area contributed by atoms with E-state index in [1.165, 1.54) is 32.1 Å². The van der Waals surface area contributed by atoms with Gasteiger partial charge in [-0.2, -0.15) is 0 Å². The van der Waals surface area contributed by atoms with E-state index >= 15 is 0 Å². The van der Waals surface area contributed by atoms with Crippen LogP contribution >= 0.6 is 23.2 Å². The van der Waals surface area contributed by atoms with E-state index in [4.69, 9.17) is 23.2 Å². The van der Waals surface area contributed by atoms with Gasteiger partial charge in [0.1, 0.15) is 0 Å². The smallest absolute Gasteiger partial charge is 0.0945 e. The van der Waals surface area contributed by atoms with Crippen LogP contribution < -0.4 is 0 Å². The van der Waals surface area contributed by atoms with Crippen molar-refractivity contribution in [3.63, 3.8) is 0 Å². The molecule has 0 aromatic heterocycles. The highest BCUT2D eigenvalue weighted by atomic mass is 35.5. The minimum absolute atomic E-state index is 0.424. The van der Waals surface area contributed by atoms with Crippen molar-refractivity contribution in [2.24, 2.45) is 10.8 Å². The Bertz CT molecular complexity index is 560. The van der Waals surface area contributed by atoms with Gasteiger partial charge in [-0.15, -0.1) is 0 Å². The molecule has 2 atom stereocenters. The highest BCUT2D eigenvalue weighted by molar-refractivity contribution is 6.36. The molecule has 2 aliphatic rings. The molecule has 128 valence electrons. The molecule has 2 aliphatic carbocycles. The second kappa shape index (κ2) is 6.22. The normalized spacial score (nSPS) is 32.5. The molecule has 0 aliphatic heterocycles. The molecular weight excluding hydrogens is 329 g/mol. The van der Waals surface area contributed by atoms with E-state index in [0.717, 1.165) is 0 Å². The maximum absolute atomic E-state index is 10.7. The summed E-state index contributed by atoms with van der Waals surface area (Å²) in [7, 11) is 2.11. The van der Waals surface area contributed by atoms with Crippen LogP contribution in [0.25, 0.3) is 0 Å². The SMILES string of the molecule is C[C@H](N(C)CC(O)c1c(Cl)cccc1Cl)C12CCC(C)(CC1)C2. The number of likely N-dealkylation sites (N-methyl/N-ethyl adjacent to an activating group) is 1. The first-order valence-corrected chi connectivity index (χ1v) is 9.34. The maximum Gasteiger partial charge on any atom is 0.0945 e. The molecule has 0 heterocycles. The van der Waals surface area contributed by atoms with Crippen molar-refractivity contribution in [2.45, 2.75) is 58.1 Å². The van der Waals surface area contributed by atoms with Gasteiger partial charge in [-0.05, 0) is 69.0 Å². The lowest BCUT2D eigenvalue weighted by molar-refractivity contribution is 0.0531. The molecule has 23 heavy (non-hydrogen) atoms. The molecule has 0 spiro atoms. The quantitative estimate of drug-likeness (QED) is 0.772. The first-order chi connectivity index (χ1) is 10.8. The summed E-state index contributed by atoms with van der Waals surface area (Å²) in [6, 6.07) is 5.84. The average Bonchev–Trinajstić information content (AvgIpc) is 3.01. The summed E-state index contributed by atoms with van der Waals surface area (Å²) in [5, 5.41) is 11.7. The maximum atomic E-state index is 10.7. The number of hydrogen-bond donors (Lipinski definition) is 1. The predicted molar refractivity (Wildman–Crippen MR) is 97.1 cm³/mol. The van der Waals surface area contributed by atoms with Gasteiger partial charge in [0, 0.05) is 28.2 Å². The highest BCUT2D eigenvalue weighted by Crippen LogP contribution is 2.63. The molecule has 1 unspecified atom stereocenters. The minimum atomic E-state index is -0.658. The minimum Gasteiger partial charge on any atom is -0.387 e. The fourth-order valence-corrected chi connectivity index (χ4v) is 5.59. The van der Waals surface area contributed by atoms with E-state index < -0.39 is 6.10 Å². The Hall–Kier alpha value is -0.280. The molecule has 2 saturated carbocycles. The van der Waals surface area contributed by atoms with E-state index in [1.54, 1.807) is 12.1 Å². The Labute approximate surface area is 149 Å². The van der Waals surface area contributed by atoms with Crippen molar-refractivity contribution in [1.29, 1.82) is 0 Å². The second-order valence-electron chi connectivity index (χ2n) is 8.12. The zero-order valence-electron chi connectivity index (χ0n) is 14.3. The van der Waals surface area contributed by atoms with Crippen LogP contribution in [-0.2, 0) is 0 Å². The van der Waals surface area contributed by atoms with E-state index in [0.29, 0.717) is 39.0 Å². The summed E-state index contributed by atoms with van der Waals surface area (Å²) in [5.74, 6) is 0. The van der Waals surface area contributed by atoms with Crippen molar-refractivity contribution < 1.29 is 5.11 Å². The largest absolute Gasteiger partial charge is 0.387 e. The van der Waals surface area contributed by atoms with Crippen LogP contribution in [0.3, 0.4) is 0 Å². The summed E-state index contributed by atoms with van der Waals surface area (Å²) < 4.78 is 0. The Morgan fingerprint density at radius 1 is 1.17 bits per heavy atom. The first-order valence-electron chi connectivity index (χ1n) is 8.59. The van der Waals surface area contributed by atoms with Crippen LogP contribution in [0.2, 0.25) is 10.0 Å². The molecule has 2 bridgehead atoms. The van der Waals surface area contributed by atoms with Gasteiger partial charge in [-0.25, -0.2) is 0 Å². The zero-order chi connectivity index (χ0) is 16.8. The van der Waals surface area contributed by atoms with Crippen molar-refractivity contribution in [3.8, 4) is 0 Å². The summed E-state index contributed by atoms with van der Waals surface area (Å²) in [6.07, 6.45) is 6.01. The third-order valence-electron chi connectivity index (χ3n) is 6.57. The average molecular weight is 356 g/mol. The number of fused-ring (bicyclic) bond motifs is 2. The van der Waals surface area contributed by atoms with Crippen LogP contribution in [-0.4, -0.2) is 29.6 Å². The van der Waals surface area contributed by atoms with Crippen LogP contribution in [0.1, 0.15) is 57.6 Å². The Morgan fingerprint density at radius 3 is 2.22 bits per heavy atom. The van der Waals surface area contributed by atoms with Crippen molar-refractivity contribution in [3.05, 3.63) is 33.8 Å². The zero-order valence-corrected chi connectivity index (χ0v) is 15.8. The van der Waals surface area contributed by atoms with E-state index in [9.17, 15) is 5.11 Å². The van der Waals surface area contributed by atoms with Gasteiger partial charge in [0.05, 0.1) is 6.10 Å². The number of benzene rings is 1. The van der Waals surface area contributed by atoms with E-state index in [2.05, 4.69) is 25.8 Å². The van der Waals surface area contributed by atoms with E-state index in [1.807, 2.05) is 6.07 Å². The van der Waals surface area contributed by atoms with Gasteiger partial charge >= 0.3 is 0 Å². The number of aliphatic hydroxyl groups is 1. The molecule has 2 fully saturated rings. The third kappa shape index (κ3) is 3.16. The molecule has 4 heteroatoms. The predicted octanol–water partition coefficient (Wildman–Crippen LogP) is 5.32. The Kier molecular flexibility index (Phi) is 4.74. The fourth-order valence-electron chi connectivity index (χ4n) is 4.94. The molecular formula is C19H27Cl2NO. The summed E-state index contributed by atoms with van der Waals surface area (Å²) in [5.41, 5.74) is 1.63. The standard InChI is InChI=1S/C19H27Cl2NO/c1-13(19-9-7-18(2,12-19)8-10-19)22(3)11-16(23)17-14(20)5-4-6-15(17)21/h4-6,13,16,23H,7-12H2,1-3H3/t13-,16?,18?,19?/m0/s1. The van der Waals surface area contributed by atoms with Gasteiger partial charge in [-0.1, -0.05) is 36.2 Å². The Morgan fingerprint density at radius 2 is 1.74 bits per heavy atom. The summed E-state index contributed by atoms with van der Waals surface area (Å²) >= 11 is 12.5. The molecule has 0 radical (unpaired) electrons. The lowest BCUT2D eigenvalue weighted by Gasteiger charge is -2.40. The lowest BCUT2D eigenvalue weighted by atomic mass is 9.77. The number of nitrogens with zero attached hydrogens (tertiary/aromatic N) is 1. The van der Waals surface area contributed by atoms with Crippen LogP contribution in [0.4, 0.5) is 0 Å². The van der Waals surface area contributed by atoms with Crippen LogP contribution in [0.5, 0.6) is 0 Å². The number of hydrogen-bond acceptors (Lipinski definition) is 2. The van der Waals surface area contributed by atoms with Crippen LogP contribution in [0.15, 0.2) is 18.2 Å². The van der Waals surface area contributed by atoms with Gasteiger partial charge < -0.3 is 10.0 Å². The molecule has 0 saturated heterocycles. The van der Waals surface area contributed by atoms with Crippen molar-refractivity contribution in [2.75, 3.05) is 13.6 Å². The van der Waals surface area contributed by atoms with Gasteiger partial charge in [0.15, 0.2) is 0 Å². The molecule has 2 nitrogen and oxygen atoms in total. The van der Waals surface area contributed by atoms with Crippen LogP contribution in [0, 0.1) is 10.8 Å². The molecule has 0 amide bonds. The fraction of sp³-hybridized carbons (Fsp3) is 0.684. The van der Waals surface area contributed by atoms with Gasteiger partial charge in [-0.3, -0.25) is 0 Å². The van der Waals surface area contributed by atoms with Crippen molar-refractivity contribution >= 4 is 23.2 Å². The third-order valence-corrected chi connectivity index (χ3v) is 7.23. The Balaban J connectivity index is 1.71. The number of halogens is 2. The summed E-state index contributed by atoms with van der Waals surface area (Å²) in [6.45, 7) is 5.31. The second-order valence-corrected chi connectivity index (χ2v) is 8.93. The van der Waals surface area contributed by atoms with Crippen molar-refractivity contribution in [1.82, 2.24) is 4.90 Å². The molecule has 1 aromatic carbocycles. The van der Waals surface area contributed by atoms with E-state index in [-0.39, 0.29) is 0 Å². The topological polar surface area (TPSA) is 23.5 Å². The molecule has 1 aromatic rings. The molecule has 1 N–H and O–H groups in total. The highest BCUT2D eigenvalue weighted by Gasteiger charge is 2.54. The number of aliphatic hydroxyl groups excluding tert-OH is 1. The van der Waals surface area contributed by atoms with Gasteiger partial charge in [0.2, 0.25) is 0 Å². The molecule has 3 rings (SSSR count).